The van der Waals surface area contributed by atoms with E-state index in [0.717, 1.165) is 0 Å². The van der Waals surface area contributed by atoms with Crippen molar-refractivity contribution >= 4 is 27.3 Å². The lowest BCUT2D eigenvalue weighted by Crippen LogP contribution is -2.14. The van der Waals surface area contributed by atoms with Crippen LogP contribution in [0, 0.1) is 13.8 Å². The highest BCUT2D eigenvalue weighted by molar-refractivity contribution is 7.92. The summed E-state index contributed by atoms with van der Waals surface area (Å²) >= 11 is 6.07. The highest BCUT2D eigenvalue weighted by atomic mass is 35.5. The van der Waals surface area contributed by atoms with Gasteiger partial charge in [0.15, 0.2) is 0 Å². The molecule has 3 rings (SSSR count). The standard InChI is InChI=1S/C17H19ClN4O4S/c1-5-14-20-21-17(26-14)15-9(2)16(10(3)19-15)27(23,24)22-11-6-7-13(25-4)12(18)8-11/h6-8,19,22H,5H2,1-4H3. The normalized spacial score (nSPS) is 11.6. The maximum Gasteiger partial charge on any atom is 0.264 e. The molecule has 0 fully saturated rings. The first kappa shape index (κ1) is 19.2. The molecule has 10 heteroatoms. The average molecular weight is 411 g/mol. The van der Waals surface area contributed by atoms with Gasteiger partial charge >= 0.3 is 0 Å². The summed E-state index contributed by atoms with van der Waals surface area (Å²) in [6.45, 7) is 5.25. The zero-order valence-electron chi connectivity index (χ0n) is 15.3. The Kier molecular flexibility index (Phi) is 5.16. The quantitative estimate of drug-likeness (QED) is 0.641. The molecule has 0 amide bonds. The van der Waals surface area contributed by atoms with Crippen LogP contribution >= 0.6 is 11.6 Å². The second-order valence-corrected chi connectivity index (χ2v) is 7.91. The lowest BCUT2D eigenvalue weighted by molar-refractivity contribution is 0.415. The molecule has 2 aromatic heterocycles. The monoisotopic (exact) mass is 410 g/mol. The van der Waals surface area contributed by atoms with Gasteiger partial charge in [-0.1, -0.05) is 18.5 Å². The largest absolute Gasteiger partial charge is 0.495 e. The lowest BCUT2D eigenvalue weighted by atomic mass is 10.2. The molecule has 3 aromatic rings. The predicted molar refractivity (Wildman–Crippen MR) is 102 cm³/mol. The van der Waals surface area contributed by atoms with Crippen LogP contribution in [0.5, 0.6) is 5.75 Å². The number of rotatable bonds is 6. The van der Waals surface area contributed by atoms with Crippen LogP contribution in [0.1, 0.15) is 24.1 Å². The van der Waals surface area contributed by atoms with Crippen LogP contribution in [-0.4, -0.2) is 30.7 Å². The molecule has 0 saturated carbocycles. The van der Waals surface area contributed by atoms with Gasteiger partial charge in [0.2, 0.25) is 5.89 Å². The Morgan fingerprint density at radius 1 is 1.30 bits per heavy atom. The van der Waals surface area contributed by atoms with Gasteiger partial charge in [-0.2, -0.15) is 0 Å². The van der Waals surface area contributed by atoms with Crippen LogP contribution in [-0.2, 0) is 16.4 Å². The fourth-order valence-corrected chi connectivity index (χ4v) is 4.54. The van der Waals surface area contributed by atoms with Crippen molar-refractivity contribution in [2.24, 2.45) is 0 Å². The van der Waals surface area contributed by atoms with E-state index in [9.17, 15) is 8.42 Å². The minimum atomic E-state index is -3.87. The summed E-state index contributed by atoms with van der Waals surface area (Å²) in [7, 11) is -2.38. The Morgan fingerprint density at radius 3 is 2.63 bits per heavy atom. The number of H-pyrrole nitrogens is 1. The van der Waals surface area contributed by atoms with E-state index in [0.29, 0.717) is 45.7 Å². The summed E-state index contributed by atoms with van der Waals surface area (Å²) in [6.07, 6.45) is 0.594. The number of sulfonamides is 1. The van der Waals surface area contributed by atoms with E-state index in [2.05, 4.69) is 19.9 Å². The second-order valence-electron chi connectivity index (χ2n) is 5.89. The van der Waals surface area contributed by atoms with Crippen LogP contribution in [0.4, 0.5) is 5.69 Å². The Bertz CT molecular complexity index is 1090. The van der Waals surface area contributed by atoms with E-state index in [1.807, 2.05) is 6.92 Å². The number of ether oxygens (including phenoxy) is 1. The molecule has 8 nitrogen and oxygen atoms in total. The summed E-state index contributed by atoms with van der Waals surface area (Å²) in [5.74, 6) is 1.19. The number of aromatic nitrogens is 3. The first-order valence-electron chi connectivity index (χ1n) is 8.15. The summed E-state index contributed by atoms with van der Waals surface area (Å²) in [4.78, 5) is 3.15. The summed E-state index contributed by atoms with van der Waals surface area (Å²) in [5.41, 5.74) is 1.76. The molecule has 0 atom stereocenters. The molecule has 2 N–H and O–H groups in total. The van der Waals surface area contributed by atoms with Crippen LogP contribution in [0.2, 0.25) is 5.02 Å². The minimum absolute atomic E-state index is 0.126. The van der Waals surface area contributed by atoms with Crippen LogP contribution in [0.25, 0.3) is 11.6 Å². The predicted octanol–water partition coefficient (Wildman–Crippen LogP) is 3.71. The van der Waals surface area contributed by atoms with Crippen molar-refractivity contribution in [3.8, 4) is 17.3 Å². The third-order valence-electron chi connectivity index (χ3n) is 4.02. The van der Waals surface area contributed by atoms with E-state index in [-0.39, 0.29) is 10.8 Å². The van der Waals surface area contributed by atoms with Crippen molar-refractivity contribution in [2.45, 2.75) is 32.1 Å². The number of hydrogen-bond acceptors (Lipinski definition) is 6. The van der Waals surface area contributed by atoms with E-state index < -0.39 is 10.0 Å². The molecular weight excluding hydrogens is 392 g/mol. The summed E-state index contributed by atoms with van der Waals surface area (Å²) in [5, 5.41) is 8.20. The number of nitrogens with one attached hydrogen (secondary N) is 2. The third kappa shape index (κ3) is 3.65. The molecule has 2 heterocycles. The number of methoxy groups -OCH3 is 1. The van der Waals surface area contributed by atoms with Crippen molar-refractivity contribution in [3.63, 3.8) is 0 Å². The molecule has 0 unspecified atom stereocenters. The molecule has 1 aromatic carbocycles. The number of aryl methyl sites for hydroxylation is 2. The van der Waals surface area contributed by atoms with Crippen LogP contribution in [0.15, 0.2) is 27.5 Å². The van der Waals surface area contributed by atoms with Crippen molar-refractivity contribution in [1.29, 1.82) is 0 Å². The topological polar surface area (TPSA) is 110 Å². The van der Waals surface area contributed by atoms with Crippen molar-refractivity contribution in [1.82, 2.24) is 15.2 Å². The third-order valence-corrected chi connectivity index (χ3v) is 5.97. The number of anilines is 1. The van der Waals surface area contributed by atoms with E-state index in [4.69, 9.17) is 20.8 Å². The zero-order chi connectivity index (χ0) is 19.8. The first-order chi connectivity index (χ1) is 12.8. The molecule has 0 aliphatic carbocycles. The van der Waals surface area contributed by atoms with Gasteiger partial charge in [0.05, 0.1) is 17.8 Å². The zero-order valence-corrected chi connectivity index (χ0v) is 16.8. The molecule has 0 saturated heterocycles. The van der Waals surface area contributed by atoms with Crippen molar-refractivity contribution in [3.05, 3.63) is 40.4 Å². The molecule has 0 bridgehead atoms. The summed E-state index contributed by atoms with van der Waals surface area (Å²) in [6, 6.07) is 4.65. The van der Waals surface area contributed by atoms with Gasteiger partial charge in [-0.3, -0.25) is 4.72 Å². The molecule has 144 valence electrons. The molecular formula is C17H19ClN4O4S. The SMILES string of the molecule is CCc1nnc(-c2[nH]c(C)c(S(=O)(=O)Nc3ccc(OC)c(Cl)c3)c2C)o1. The van der Waals surface area contributed by atoms with E-state index in [1.165, 1.54) is 13.2 Å². The molecule has 0 aliphatic rings. The molecule has 0 aliphatic heterocycles. The number of aromatic amines is 1. The lowest BCUT2D eigenvalue weighted by Gasteiger charge is -2.10. The smallest absolute Gasteiger partial charge is 0.264 e. The van der Waals surface area contributed by atoms with Crippen LogP contribution < -0.4 is 9.46 Å². The Labute approximate surface area is 162 Å². The number of hydrogen-bond donors (Lipinski definition) is 2. The van der Waals surface area contributed by atoms with Gasteiger partial charge in [0.1, 0.15) is 16.3 Å². The molecule has 0 radical (unpaired) electrons. The molecule has 27 heavy (non-hydrogen) atoms. The number of halogens is 1. The van der Waals surface area contributed by atoms with Crippen molar-refractivity contribution in [2.75, 3.05) is 11.8 Å². The maximum absolute atomic E-state index is 12.9. The Balaban J connectivity index is 1.98. The van der Waals surface area contributed by atoms with Crippen LogP contribution in [0.3, 0.4) is 0 Å². The van der Waals surface area contributed by atoms with Crippen molar-refractivity contribution < 1.29 is 17.6 Å². The highest BCUT2D eigenvalue weighted by Gasteiger charge is 2.27. The fourth-order valence-electron chi connectivity index (χ4n) is 2.78. The Morgan fingerprint density at radius 2 is 2.04 bits per heavy atom. The number of nitrogens with zero attached hydrogens (tertiary/aromatic N) is 2. The van der Waals surface area contributed by atoms with Gasteiger partial charge in [0, 0.05) is 17.7 Å². The minimum Gasteiger partial charge on any atom is -0.495 e. The van der Waals surface area contributed by atoms with E-state index in [1.54, 1.807) is 26.0 Å². The first-order valence-corrected chi connectivity index (χ1v) is 10.0. The molecule has 0 spiro atoms. The summed E-state index contributed by atoms with van der Waals surface area (Å²) < 4.78 is 39.0. The van der Waals surface area contributed by atoms with E-state index >= 15 is 0 Å². The van der Waals surface area contributed by atoms with Gasteiger partial charge < -0.3 is 14.1 Å². The van der Waals surface area contributed by atoms with Gasteiger partial charge in [-0.15, -0.1) is 10.2 Å². The average Bonchev–Trinajstić information content (AvgIpc) is 3.19. The second kappa shape index (κ2) is 7.24. The Hall–Kier alpha value is -2.52. The maximum atomic E-state index is 12.9. The highest BCUT2D eigenvalue weighted by Crippen LogP contribution is 2.32. The van der Waals surface area contributed by atoms with Gasteiger partial charge in [0.25, 0.3) is 15.9 Å². The fraction of sp³-hybridized carbons (Fsp3) is 0.294. The van der Waals surface area contributed by atoms with Gasteiger partial charge in [-0.25, -0.2) is 8.42 Å². The number of benzene rings is 1. The van der Waals surface area contributed by atoms with Gasteiger partial charge in [-0.05, 0) is 32.0 Å².